The number of amides is 1. The van der Waals surface area contributed by atoms with Crippen LogP contribution in [0.3, 0.4) is 0 Å². The lowest BCUT2D eigenvalue weighted by molar-refractivity contribution is -0.119. The number of fused-ring (bicyclic) bond motifs is 1. The molecule has 0 saturated heterocycles. The van der Waals surface area contributed by atoms with E-state index in [0.717, 1.165) is 17.4 Å². The molecule has 0 spiro atoms. The van der Waals surface area contributed by atoms with E-state index in [1.807, 2.05) is 32.0 Å². The number of esters is 1. The number of carbonyl (C=O) groups excluding carboxylic acids is 2. The summed E-state index contributed by atoms with van der Waals surface area (Å²) in [5, 5.41) is 2.67. The molecule has 28 heavy (non-hydrogen) atoms. The van der Waals surface area contributed by atoms with Crippen LogP contribution in [0.25, 0.3) is 0 Å². The van der Waals surface area contributed by atoms with Gasteiger partial charge in [-0.1, -0.05) is 12.1 Å². The van der Waals surface area contributed by atoms with Gasteiger partial charge in [0.15, 0.2) is 6.61 Å². The average molecular weight is 402 g/mol. The van der Waals surface area contributed by atoms with E-state index in [-0.39, 0.29) is 11.6 Å². The summed E-state index contributed by atoms with van der Waals surface area (Å²) >= 11 is 0. The van der Waals surface area contributed by atoms with Crippen molar-refractivity contribution in [1.29, 1.82) is 0 Å². The summed E-state index contributed by atoms with van der Waals surface area (Å²) in [4.78, 5) is 24.3. The first-order chi connectivity index (χ1) is 13.1. The van der Waals surface area contributed by atoms with Gasteiger partial charge in [-0.25, -0.2) is 13.2 Å². The van der Waals surface area contributed by atoms with Crippen molar-refractivity contribution < 1.29 is 22.7 Å². The summed E-state index contributed by atoms with van der Waals surface area (Å²) in [5.41, 5.74) is 3.25. The van der Waals surface area contributed by atoms with Crippen LogP contribution in [0.4, 0.5) is 11.4 Å². The number of sulfonamides is 1. The number of hydrogen-bond acceptors (Lipinski definition) is 5. The molecule has 0 fully saturated rings. The van der Waals surface area contributed by atoms with Crippen LogP contribution in [0.15, 0.2) is 42.5 Å². The summed E-state index contributed by atoms with van der Waals surface area (Å²) in [6, 6.07) is 11.8. The summed E-state index contributed by atoms with van der Waals surface area (Å²) < 4.78 is 30.4. The molecule has 0 unspecified atom stereocenters. The monoisotopic (exact) mass is 402 g/mol. The molecule has 1 aliphatic rings. The van der Waals surface area contributed by atoms with Gasteiger partial charge in [0.1, 0.15) is 0 Å². The van der Waals surface area contributed by atoms with Gasteiger partial charge in [-0.05, 0) is 61.7 Å². The first-order valence-electron chi connectivity index (χ1n) is 8.81. The van der Waals surface area contributed by atoms with Crippen molar-refractivity contribution in [3.8, 4) is 0 Å². The van der Waals surface area contributed by atoms with Gasteiger partial charge < -0.3 is 10.1 Å². The number of carbonyl (C=O) groups is 2. The molecule has 0 bridgehead atoms. The maximum absolute atomic E-state index is 12.3. The number of aryl methyl sites for hydroxylation is 1. The van der Waals surface area contributed by atoms with E-state index in [0.29, 0.717) is 17.8 Å². The Balaban J connectivity index is 1.64. The third kappa shape index (κ3) is 4.33. The van der Waals surface area contributed by atoms with Crippen LogP contribution in [0.5, 0.6) is 0 Å². The third-order valence-electron chi connectivity index (χ3n) is 4.46. The van der Waals surface area contributed by atoms with E-state index in [9.17, 15) is 18.0 Å². The van der Waals surface area contributed by atoms with Crippen molar-refractivity contribution in [2.45, 2.75) is 26.3 Å². The number of nitrogens with zero attached hydrogens (tertiary/aromatic N) is 1. The zero-order chi connectivity index (χ0) is 20.5. The van der Waals surface area contributed by atoms with E-state index in [1.165, 1.54) is 10.4 Å². The molecule has 0 aromatic heterocycles. The Hall–Kier alpha value is -2.87. The zero-order valence-corrected chi connectivity index (χ0v) is 16.7. The van der Waals surface area contributed by atoms with Crippen molar-refractivity contribution >= 4 is 33.3 Å². The Labute approximate surface area is 164 Å². The summed E-state index contributed by atoms with van der Waals surface area (Å²) in [6.07, 6.45) is 1.67. The first-order valence-corrected chi connectivity index (χ1v) is 10.7. The average Bonchev–Trinajstić information content (AvgIpc) is 2.94. The van der Waals surface area contributed by atoms with Gasteiger partial charge >= 0.3 is 5.97 Å². The molecule has 8 heteroatoms. The largest absolute Gasteiger partial charge is 0.452 e. The van der Waals surface area contributed by atoms with Crippen LogP contribution in [0, 0.1) is 6.92 Å². The van der Waals surface area contributed by atoms with Crippen LogP contribution >= 0.6 is 0 Å². The van der Waals surface area contributed by atoms with Crippen molar-refractivity contribution in [3.05, 3.63) is 59.2 Å². The van der Waals surface area contributed by atoms with Crippen molar-refractivity contribution in [3.63, 3.8) is 0 Å². The second kappa shape index (κ2) is 7.63. The van der Waals surface area contributed by atoms with E-state index in [4.69, 9.17) is 4.74 Å². The lowest BCUT2D eigenvalue weighted by atomic mass is 10.1. The number of ether oxygens (including phenoxy) is 1. The van der Waals surface area contributed by atoms with Gasteiger partial charge in [-0.2, -0.15) is 0 Å². The Kier molecular flexibility index (Phi) is 5.42. The highest BCUT2D eigenvalue weighted by atomic mass is 32.2. The molecule has 7 nitrogen and oxygen atoms in total. The molecule has 1 atom stereocenters. The molecule has 3 rings (SSSR count). The maximum atomic E-state index is 12.3. The van der Waals surface area contributed by atoms with E-state index < -0.39 is 28.5 Å². The predicted molar refractivity (Wildman–Crippen MR) is 107 cm³/mol. The SMILES string of the molecule is Cc1cccc(NC(=O)COC(=O)c2ccc3c(c2)C[C@H](C)N3S(C)(=O)=O)c1. The van der Waals surface area contributed by atoms with Gasteiger partial charge in [-0.15, -0.1) is 0 Å². The van der Waals surface area contributed by atoms with Crippen LogP contribution in [-0.2, 0) is 26.0 Å². The number of nitrogens with one attached hydrogen (secondary N) is 1. The molecule has 1 amide bonds. The summed E-state index contributed by atoms with van der Waals surface area (Å²) in [7, 11) is -3.39. The number of benzene rings is 2. The highest BCUT2D eigenvalue weighted by Gasteiger charge is 2.32. The minimum atomic E-state index is -3.39. The highest BCUT2D eigenvalue weighted by molar-refractivity contribution is 7.92. The van der Waals surface area contributed by atoms with E-state index in [1.54, 1.807) is 18.2 Å². The highest BCUT2D eigenvalue weighted by Crippen LogP contribution is 2.34. The van der Waals surface area contributed by atoms with Gasteiger partial charge in [0, 0.05) is 11.7 Å². The molecule has 2 aromatic carbocycles. The fraction of sp³-hybridized carbons (Fsp3) is 0.300. The Morgan fingerprint density at radius 1 is 1.21 bits per heavy atom. The smallest absolute Gasteiger partial charge is 0.338 e. The van der Waals surface area contributed by atoms with Crippen molar-refractivity contribution in [1.82, 2.24) is 0 Å². The standard InChI is InChI=1S/C20H22N2O5S/c1-13-5-4-6-17(9-13)21-19(23)12-27-20(24)15-7-8-18-16(11-15)10-14(2)22(18)28(3,25)26/h4-9,11,14H,10,12H2,1-3H3,(H,21,23)/t14-/m0/s1. The molecular formula is C20H22N2O5S. The summed E-state index contributed by atoms with van der Waals surface area (Å²) in [6.45, 7) is 3.32. The van der Waals surface area contributed by atoms with Crippen LogP contribution in [0.1, 0.15) is 28.4 Å². The maximum Gasteiger partial charge on any atom is 0.338 e. The van der Waals surface area contributed by atoms with E-state index >= 15 is 0 Å². The Morgan fingerprint density at radius 2 is 1.96 bits per heavy atom. The van der Waals surface area contributed by atoms with Crippen molar-refractivity contribution in [2.24, 2.45) is 0 Å². The first kappa shape index (κ1) is 19.9. The molecular weight excluding hydrogens is 380 g/mol. The molecule has 0 saturated carbocycles. The molecule has 148 valence electrons. The van der Waals surface area contributed by atoms with Crippen LogP contribution in [-0.4, -0.2) is 39.2 Å². The normalized spacial score (nSPS) is 15.8. The second-order valence-electron chi connectivity index (χ2n) is 6.95. The van der Waals surface area contributed by atoms with Gasteiger partial charge in [0.25, 0.3) is 5.91 Å². The Bertz CT molecular complexity index is 1030. The molecule has 0 radical (unpaired) electrons. The third-order valence-corrected chi connectivity index (χ3v) is 5.73. The number of hydrogen-bond donors (Lipinski definition) is 1. The van der Waals surface area contributed by atoms with Gasteiger partial charge in [-0.3, -0.25) is 9.10 Å². The van der Waals surface area contributed by atoms with E-state index in [2.05, 4.69) is 5.32 Å². The van der Waals surface area contributed by atoms with Crippen LogP contribution in [0.2, 0.25) is 0 Å². The van der Waals surface area contributed by atoms with Crippen LogP contribution < -0.4 is 9.62 Å². The molecule has 1 N–H and O–H groups in total. The zero-order valence-electron chi connectivity index (χ0n) is 15.9. The fourth-order valence-electron chi connectivity index (χ4n) is 3.37. The fourth-order valence-corrected chi connectivity index (χ4v) is 4.63. The Morgan fingerprint density at radius 3 is 2.64 bits per heavy atom. The molecule has 1 aliphatic heterocycles. The topological polar surface area (TPSA) is 92.8 Å². The lowest BCUT2D eigenvalue weighted by Crippen LogP contribution is -2.34. The molecule has 0 aliphatic carbocycles. The number of rotatable bonds is 5. The molecule has 1 heterocycles. The molecule has 2 aromatic rings. The summed E-state index contributed by atoms with van der Waals surface area (Å²) in [5.74, 6) is -1.07. The lowest BCUT2D eigenvalue weighted by Gasteiger charge is -2.21. The predicted octanol–water partition coefficient (Wildman–Crippen LogP) is 2.50. The second-order valence-corrected chi connectivity index (χ2v) is 8.81. The number of anilines is 2. The quantitative estimate of drug-likeness (QED) is 0.776. The minimum Gasteiger partial charge on any atom is -0.452 e. The van der Waals surface area contributed by atoms with Gasteiger partial charge in [0.2, 0.25) is 10.0 Å². The van der Waals surface area contributed by atoms with Crippen molar-refractivity contribution in [2.75, 3.05) is 22.5 Å². The minimum absolute atomic E-state index is 0.212. The van der Waals surface area contributed by atoms with Gasteiger partial charge in [0.05, 0.1) is 17.5 Å².